The van der Waals surface area contributed by atoms with Crippen molar-refractivity contribution in [2.45, 2.75) is 21.4 Å². The van der Waals surface area contributed by atoms with Crippen molar-refractivity contribution in [3.63, 3.8) is 0 Å². The van der Waals surface area contributed by atoms with Crippen molar-refractivity contribution in [2.24, 2.45) is 5.92 Å². The molecule has 0 fully saturated rings. The fourth-order valence-corrected chi connectivity index (χ4v) is 7.89. The number of hydrogen-bond donors (Lipinski definition) is 0. The molecule has 0 radical (unpaired) electrons. The number of alkyl halides is 1. The first-order valence-electron chi connectivity index (χ1n) is 6.84. The Kier molecular flexibility index (Phi) is 7.90. The number of methoxy groups -OCH3 is 1. The predicted molar refractivity (Wildman–Crippen MR) is 97.5 cm³/mol. The van der Waals surface area contributed by atoms with Gasteiger partial charge in [0.1, 0.15) is 0 Å². The summed E-state index contributed by atoms with van der Waals surface area (Å²) in [5, 5.41) is 0. The van der Waals surface area contributed by atoms with Crippen LogP contribution in [0.5, 0.6) is 5.75 Å². The topological polar surface area (TPSA) is 18.5 Å². The number of ether oxygens (including phenoxy) is 2. The summed E-state index contributed by atoms with van der Waals surface area (Å²) < 4.78 is 13.6. The van der Waals surface area contributed by atoms with E-state index in [1.54, 1.807) is 7.11 Å². The van der Waals surface area contributed by atoms with Gasteiger partial charge in [-0.05, 0) is 0 Å². The van der Waals surface area contributed by atoms with Crippen LogP contribution in [0.1, 0.15) is 5.56 Å². The summed E-state index contributed by atoms with van der Waals surface area (Å²) in [7, 11) is 1.68. The van der Waals surface area contributed by atoms with Crippen molar-refractivity contribution >= 4 is 41.0 Å². The van der Waals surface area contributed by atoms with E-state index in [2.05, 4.69) is 56.1 Å². The molecule has 0 N–H and O–H groups in total. The van der Waals surface area contributed by atoms with Gasteiger partial charge in [0.25, 0.3) is 0 Å². The van der Waals surface area contributed by atoms with E-state index in [0.717, 1.165) is 16.8 Å². The van der Waals surface area contributed by atoms with Crippen molar-refractivity contribution in [1.29, 1.82) is 0 Å². The van der Waals surface area contributed by atoms with Gasteiger partial charge in [-0.2, -0.15) is 0 Å². The molecule has 1 rings (SSSR count). The molecule has 112 valence electrons. The number of benzene rings is 1. The molecule has 20 heavy (non-hydrogen) atoms. The molecular weight excluding hydrogens is 470 g/mol. The molecule has 0 spiro atoms. The summed E-state index contributed by atoms with van der Waals surface area (Å²) >= 11 is 0.435. The van der Waals surface area contributed by atoms with Crippen LogP contribution in [-0.2, 0) is 11.3 Å². The normalized spacial score (nSPS) is 13.1. The second-order valence-electron chi connectivity index (χ2n) is 5.99. The van der Waals surface area contributed by atoms with E-state index in [1.807, 2.05) is 12.1 Å². The van der Waals surface area contributed by atoms with Gasteiger partial charge in [-0.25, -0.2) is 0 Å². The molecule has 0 amide bonds. The third-order valence-corrected chi connectivity index (χ3v) is 11.1. The maximum absolute atomic E-state index is 5.89. The molecular formula is C16H25IO2Sn. The molecule has 0 heterocycles. The SMILES string of the molecule is C=[C](C(CI)COCc1ccc(OC)cc1)[Sn]([CH3])([CH3])[CH3]. The fraction of sp³-hybridized carbons (Fsp3) is 0.500. The van der Waals surface area contributed by atoms with Crippen LogP contribution in [-0.4, -0.2) is 36.5 Å². The third-order valence-electron chi connectivity index (χ3n) is 3.39. The van der Waals surface area contributed by atoms with E-state index in [1.165, 1.54) is 9.15 Å². The molecule has 2 nitrogen and oxygen atoms in total. The Labute approximate surface area is 140 Å². The Morgan fingerprint density at radius 2 is 1.85 bits per heavy atom. The minimum atomic E-state index is -2.01. The summed E-state index contributed by atoms with van der Waals surface area (Å²) in [5.41, 5.74) is 1.18. The monoisotopic (exact) mass is 496 g/mol. The van der Waals surface area contributed by atoms with Gasteiger partial charge in [0, 0.05) is 0 Å². The number of rotatable bonds is 8. The van der Waals surface area contributed by atoms with E-state index in [4.69, 9.17) is 9.47 Å². The zero-order valence-corrected chi connectivity index (χ0v) is 17.9. The van der Waals surface area contributed by atoms with Gasteiger partial charge in [0.15, 0.2) is 0 Å². The van der Waals surface area contributed by atoms with Gasteiger partial charge in [-0.1, -0.05) is 0 Å². The summed E-state index contributed by atoms with van der Waals surface area (Å²) in [6.07, 6.45) is 0. The summed E-state index contributed by atoms with van der Waals surface area (Å²) in [4.78, 5) is 7.25. The van der Waals surface area contributed by atoms with Crippen LogP contribution in [0.15, 0.2) is 34.4 Å². The molecule has 0 aromatic heterocycles. The van der Waals surface area contributed by atoms with Crippen molar-refractivity contribution < 1.29 is 9.47 Å². The Hall–Kier alpha value is 0.249. The zero-order chi connectivity index (χ0) is 15.2. The maximum atomic E-state index is 5.89. The molecule has 1 aromatic carbocycles. The number of halogens is 1. The van der Waals surface area contributed by atoms with Crippen LogP contribution in [0.25, 0.3) is 0 Å². The van der Waals surface area contributed by atoms with Crippen molar-refractivity contribution in [3.05, 3.63) is 40.0 Å². The minimum absolute atomic E-state index is 0.504. The van der Waals surface area contributed by atoms with Gasteiger partial charge < -0.3 is 0 Å². The van der Waals surface area contributed by atoms with Gasteiger partial charge >= 0.3 is 142 Å². The van der Waals surface area contributed by atoms with Crippen molar-refractivity contribution in [1.82, 2.24) is 0 Å². The Morgan fingerprint density at radius 3 is 2.30 bits per heavy atom. The molecule has 0 aliphatic rings. The fourth-order valence-electron chi connectivity index (χ4n) is 1.89. The third kappa shape index (κ3) is 5.93. The van der Waals surface area contributed by atoms with Crippen LogP contribution in [0.2, 0.25) is 14.8 Å². The quantitative estimate of drug-likeness (QED) is 0.296. The molecule has 4 heteroatoms. The van der Waals surface area contributed by atoms with E-state index in [9.17, 15) is 0 Å². The van der Waals surface area contributed by atoms with Crippen LogP contribution < -0.4 is 4.74 Å². The first-order valence-corrected chi connectivity index (χ1v) is 18.4. The molecule has 0 bridgehead atoms. The standard InChI is InChI=1S/C13H16IO2.3CH3.Sn/c1-3-11(8-14)9-16-10-12-4-6-13(15-2)7-5-12;;;;/h4-7,11H,1,8-10H2,2H3;3*1H3;. The van der Waals surface area contributed by atoms with Gasteiger partial charge in [-0.3, -0.25) is 0 Å². The van der Waals surface area contributed by atoms with E-state index < -0.39 is 18.4 Å². The van der Waals surface area contributed by atoms with E-state index >= 15 is 0 Å². The molecule has 0 aliphatic carbocycles. The Balaban J connectivity index is 2.47. The van der Waals surface area contributed by atoms with Gasteiger partial charge in [0.05, 0.1) is 0 Å². The predicted octanol–water partition coefficient (Wildman–Crippen LogP) is 4.70. The molecule has 1 aromatic rings. The van der Waals surface area contributed by atoms with Crippen LogP contribution in [0.3, 0.4) is 0 Å². The number of hydrogen-bond acceptors (Lipinski definition) is 2. The zero-order valence-electron chi connectivity index (χ0n) is 12.9. The van der Waals surface area contributed by atoms with E-state index in [-0.39, 0.29) is 0 Å². The first kappa shape index (κ1) is 18.3. The van der Waals surface area contributed by atoms with Gasteiger partial charge in [-0.15, -0.1) is 0 Å². The van der Waals surface area contributed by atoms with Crippen molar-refractivity contribution in [2.75, 3.05) is 18.1 Å². The van der Waals surface area contributed by atoms with Crippen molar-refractivity contribution in [3.8, 4) is 5.75 Å². The second kappa shape index (κ2) is 8.63. The van der Waals surface area contributed by atoms with Crippen LogP contribution in [0, 0.1) is 5.92 Å². The van der Waals surface area contributed by atoms with Crippen LogP contribution in [0.4, 0.5) is 0 Å². The average molecular weight is 495 g/mol. The average Bonchev–Trinajstić information content (AvgIpc) is 2.42. The van der Waals surface area contributed by atoms with Crippen LogP contribution >= 0.6 is 22.6 Å². The molecule has 0 saturated heterocycles. The Bertz CT molecular complexity index is 423. The molecule has 0 saturated carbocycles. The van der Waals surface area contributed by atoms with E-state index in [0.29, 0.717) is 12.5 Å². The Morgan fingerprint density at radius 1 is 1.25 bits per heavy atom. The first-order chi connectivity index (χ1) is 9.38. The van der Waals surface area contributed by atoms with Gasteiger partial charge in [0.2, 0.25) is 0 Å². The molecule has 0 aliphatic heterocycles. The summed E-state index contributed by atoms with van der Waals surface area (Å²) in [6.45, 7) is 5.77. The second-order valence-corrected chi connectivity index (χ2v) is 21.5. The summed E-state index contributed by atoms with van der Waals surface area (Å²) in [5.74, 6) is 1.39. The molecule has 1 unspecified atom stereocenters. The molecule has 1 atom stereocenters. The summed E-state index contributed by atoms with van der Waals surface area (Å²) in [6, 6.07) is 8.05.